The van der Waals surface area contributed by atoms with E-state index < -0.39 is 45.5 Å². The topological polar surface area (TPSA) is 0 Å². The Morgan fingerprint density at radius 2 is 0.795 bits per heavy atom. The molecule has 0 fully saturated rings. The predicted octanol–water partition coefficient (Wildman–Crippen LogP) is 11.6. The van der Waals surface area contributed by atoms with Crippen LogP contribution in [0.2, 0.25) is 0 Å². The van der Waals surface area contributed by atoms with Gasteiger partial charge in [-0.1, -0.05) is 130 Å². The van der Waals surface area contributed by atoms with Gasteiger partial charge in [-0.25, -0.2) is 0 Å². The molecule has 2 rings (SSSR count). The molecule has 2 aromatic carbocycles. The summed E-state index contributed by atoms with van der Waals surface area (Å²) in [5.74, 6) is 0. The Kier molecular flexibility index (Phi) is 10.4. The second kappa shape index (κ2) is 12.1. The van der Waals surface area contributed by atoms with Crippen molar-refractivity contribution in [3.63, 3.8) is 0 Å². The SMILES string of the molecule is CCCCC(SC(CCCC)(c1ccccc1C(C)(C)C)C(F)(F)F)(c1ccccc1C(C)(C)C)C(F)(F)F. The lowest BCUT2D eigenvalue weighted by Gasteiger charge is -2.48. The van der Waals surface area contributed by atoms with Crippen LogP contribution in [-0.2, 0) is 20.3 Å². The fraction of sp³-hybridized carbons (Fsp3) is 0.625. The molecule has 0 N–H and O–H groups in total. The highest BCUT2D eigenvalue weighted by atomic mass is 32.2. The molecule has 0 radical (unpaired) electrons. The maximum atomic E-state index is 15.7. The molecule has 0 nitrogen and oxygen atoms in total. The van der Waals surface area contributed by atoms with Crippen LogP contribution in [0.5, 0.6) is 0 Å². The summed E-state index contributed by atoms with van der Waals surface area (Å²) in [5, 5.41) is 0. The standard InChI is InChI=1S/C32H44F6S/c1-9-11-21-29(31(33,34)35,25-19-15-13-17-23(25)27(3,4)5)39-30(22-12-10-2,32(36,37)38)26-20-16-14-18-24(26)28(6,7)8/h13-20H,9-12,21-22H2,1-8H3. The van der Waals surface area contributed by atoms with Gasteiger partial charge in [0, 0.05) is 0 Å². The first kappa shape index (κ1) is 33.6. The molecular weight excluding hydrogens is 530 g/mol. The normalized spacial score (nSPS) is 16.6. The molecule has 0 heterocycles. The van der Waals surface area contributed by atoms with Gasteiger partial charge >= 0.3 is 12.4 Å². The number of hydrogen-bond donors (Lipinski definition) is 0. The van der Waals surface area contributed by atoms with Crippen LogP contribution in [0.1, 0.15) is 116 Å². The first-order valence-electron chi connectivity index (χ1n) is 13.8. The average Bonchev–Trinajstić information content (AvgIpc) is 2.81. The van der Waals surface area contributed by atoms with Crippen LogP contribution < -0.4 is 0 Å². The number of thioether (sulfide) groups is 1. The highest BCUT2D eigenvalue weighted by Crippen LogP contribution is 2.66. The van der Waals surface area contributed by atoms with E-state index in [0.717, 1.165) is 0 Å². The molecule has 0 amide bonds. The number of benzene rings is 2. The van der Waals surface area contributed by atoms with E-state index in [1.165, 1.54) is 24.3 Å². The van der Waals surface area contributed by atoms with Gasteiger partial charge in [-0.15, -0.1) is 11.8 Å². The number of hydrogen-bond acceptors (Lipinski definition) is 1. The van der Waals surface area contributed by atoms with Crippen LogP contribution in [0, 0.1) is 0 Å². The van der Waals surface area contributed by atoms with Crippen LogP contribution in [0.4, 0.5) is 26.3 Å². The predicted molar refractivity (Wildman–Crippen MR) is 152 cm³/mol. The first-order chi connectivity index (χ1) is 17.8. The summed E-state index contributed by atoms with van der Waals surface area (Å²) in [5.41, 5.74) is -0.701. The molecule has 220 valence electrons. The highest BCUT2D eigenvalue weighted by molar-refractivity contribution is 8.01. The summed E-state index contributed by atoms with van der Waals surface area (Å²) in [6.07, 6.45) is -9.59. The fourth-order valence-electron chi connectivity index (χ4n) is 5.31. The maximum Gasteiger partial charge on any atom is 0.407 e. The number of halogens is 6. The van der Waals surface area contributed by atoms with Crippen LogP contribution >= 0.6 is 11.8 Å². The van der Waals surface area contributed by atoms with Gasteiger partial charge in [-0.05, 0) is 45.9 Å². The van der Waals surface area contributed by atoms with Crippen LogP contribution in [0.25, 0.3) is 0 Å². The molecule has 0 aliphatic rings. The van der Waals surface area contributed by atoms with Gasteiger partial charge in [0.2, 0.25) is 0 Å². The van der Waals surface area contributed by atoms with Crippen molar-refractivity contribution in [2.24, 2.45) is 0 Å². The van der Waals surface area contributed by atoms with Crippen molar-refractivity contribution in [2.75, 3.05) is 0 Å². The Morgan fingerprint density at radius 1 is 0.513 bits per heavy atom. The van der Waals surface area contributed by atoms with Gasteiger partial charge in [-0.2, -0.15) is 26.3 Å². The minimum absolute atomic E-state index is 0.0678. The molecular formula is C32H44F6S. The Labute approximate surface area is 235 Å². The second-order valence-electron chi connectivity index (χ2n) is 12.5. The summed E-state index contributed by atoms with van der Waals surface area (Å²) >= 11 is 0.0953. The van der Waals surface area contributed by atoms with E-state index in [0.29, 0.717) is 24.0 Å². The van der Waals surface area contributed by atoms with Crippen molar-refractivity contribution in [3.8, 4) is 0 Å². The molecule has 2 atom stereocenters. The summed E-state index contributed by atoms with van der Waals surface area (Å²) in [4.78, 5) is 0. The quantitative estimate of drug-likeness (QED) is 0.254. The Hall–Kier alpha value is -1.63. The molecule has 7 heteroatoms. The molecule has 2 unspecified atom stereocenters. The molecule has 0 aliphatic carbocycles. The number of alkyl halides is 6. The second-order valence-corrected chi connectivity index (χ2v) is 14.1. The monoisotopic (exact) mass is 574 g/mol. The molecule has 2 aromatic rings. The smallest absolute Gasteiger partial charge is 0.169 e. The Bertz CT molecular complexity index is 988. The number of rotatable bonds is 10. The third-order valence-corrected chi connectivity index (χ3v) is 9.38. The lowest BCUT2D eigenvalue weighted by molar-refractivity contribution is -0.175. The molecule has 0 saturated heterocycles. The largest absolute Gasteiger partial charge is 0.407 e. The fourth-order valence-corrected chi connectivity index (χ4v) is 7.21. The minimum Gasteiger partial charge on any atom is -0.169 e. The van der Waals surface area contributed by atoms with E-state index in [9.17, 15) is 0 Å². The summed E-state index contributed by atoms with van der Waals surface area (Å²) in [7, 11) is 0. The summed E-state index contributed by atoms with van der Waals surface area (Å²) in [6.45, 7) is 14.4. The number of unbranched alkanes of at least 4 members (excludes halogenated alkanes) is 2. The van der Waals surface area contributed by atoms with Gasteiger partial charge in [0.1, 0.15) is 9.49 Å². The van der Waals surface area contributed by atoms with Crippen LogP contribution in [-0.4, -0.2) is 12.4 Å². The van der Waals surface area contributed by atoms with Crippen molar-refractivity contribution in [1.29, 1.82) is 0 Å². The summed E-state index contributed by atoms with van der Waals surface area (Å²) < 4.78 is 88.4. The van der Waals surface area contributed by atoms with Gasteiger partial charge < -0.3 is 0 Å². The minimum atomic E-state index is -4.94. The molecule has 0 saturated carbocycles. The van der Waals surface area contributed by atoms with E-state index in [1.54, 1.807) is 79.7 Å². The van der Waals surface area contributed by atoms with E-state index in [1.807, 2.05) is 0 Å². The Morgan fingerprint density at radius 3 is 1.03 bits per heavy atom. The summed E-state index contributed by atoms with van der Waals surface area (Å²) in [6, 6.07) is 12.4. The van der Waals surface area contributed by atoms with Crippen molar-refractivity contribution >= 4 is 11.8 Å². The van der Waals surface area contributed by atoms with Crippen molar-refractivity contribution in [1.82, 2.24) is 0 Å². The van der Waals surface area contributed by atoms with Crippen molar-refractivity contribution < 1.29 is 26.3 Å². The zero-order valence-corrected chi connectivity index (χ0v) is 25.4. The van der Waals surface area contributed by atoms with Gasteiger partial charge in [0.25, 0.3) is 0 Å². The van der Waals surface area contributed by atoms with E-state index in [2.05, 4.69) is 0 Å². The van der Waals surface area contributed by atoms with Crippen LogP contribution in [0.15, 0.2) is 48.5 Å². The van der Waals surface area contributed by atoms with E-state index in [-0.39, 0.29) is 35.7 Å². The molecule has 0 aliphatic heterocycles. The highest BCUT2D eigenvalue weighted by Gasteiger charge is 2.67. The van der Waals surface area contributed by atoms with E-state index in [4.69, 9.17) is 0 Å². The van der Waals surface area contributed by atoms with Crippen molar-refractivity contribution in [3.05, 3.63) is 70.8 Å². The zero-order chi connectivity index (χ0) is 29.9. The first-order valence-corrected chi connectivity index (χ1v) is 14.6. The lowest BCUT2D eigenvalue weighted by atomic mass is 9.77. The maximum absolute atomic E-state index is 15.7. The molecule has 0 bridgehead atoms. The molecule has 39 heavy (non-hydrogen) atoms. The third kappa shape index (κ3) is 7.00. The van der Waals surface area contributed by atoms with Gasteiger partial charge in [-0.3, -0.25) is 0 Å². The zero-order valence-electron chi connectivity index (χ0n) is 24.5. The van der Waals surface area contributed by atoms with E-state index >= 15 is 26.3 Å². The third-order valence-electron chi connectivity index (χ3n) is 7.37. The Balaban J connectivity index is 3.13. The van der Waals surface area contributed by atoms with Crippen molar-refractivity contribution in [2.45, 2.75) is 127 Å². The van der Waals surface area contributed by atoms with Crippen LogP contribution in [0.3, 0.4) is 0 Å². The van der Waals surface area contributed by atoms with Gasteiger partial charge in [0.15, 0.2) is 0 Å². The lowest BCUT2D eigenvalue weighted by Crippen LogP contribution is -2.50. The average molecular weight is 575 g/mol. The molecule has 0 spiro atoms. The van der Waals surface area contributed by atoms with Gasteiger partial charge in [0.05, 0.1) is 0 Å². The molecule has 0 aromatic heterocycles.